The molecule has 1 aromatic carbocycles. The molecule has 24 heavy (non-hydrogen) atoms. The van der Waals surface area contributed by atoms with E-state index in [1.165, 1.54) is 6.42 Å². The molecule has 1 saturated carbocycles. The highest BCUT2D eigenvalue weighted by Gasteiger charge is 2.35. The third-order valence-corrected chi connectivity index (χ3v) is 5.37. The van der Waals surface area contributed by atoms with Crippen molar-refractivity contribution in [2.75, 3.05) is 13.2 Å². The van der Waals surface area contributed by atoms with Gasteiger partial charge in [0.2, 0.25) is 0 Å². The Balaban J connectivity index is 1.78. The van der Waals surface area contributed by atoms with Gasteiger partial charge in [-0.1, -0.05) is 43.5 Å². The molecule has 4 heteroatoms. The van der Waals surface area contributed by atoms with Gasteiger partial charge >= 0.3 is 0 Å². The summed E-state index contributed by atoms with van der Waals surface area (Å²) in [7, 11) is 0. The van der Waals surface area contributed by atoms with Crippen molar-refractivity contribution in [3.05, 3.63) is 35.4 Å². The summed E-state index contributed by atoms with van der Waals surface area (Å²) in [5.74, 6) is -1.08. The van der Waals surface area contributed by atoms with Crippen molar-refractivity contribution in [3.8, 4) is 0 Å². The smallest absolute Gasteiger partial charge is 0.192 e. The van der Waals surface area contributed by atoms with Gasteiger partial charge in [-0.2, -0.15) is 0 Å². The molecule has 1 saturated heterocycles. The van der Waals surface area contributed by atoms with E-state index in [1.54, 1.807) is 19.1 Å². The minimum Gasteiger partial charge on any atom is -0.344 e. The van der Waals surface area contributed by atoms with Crippen LogP contribution in [-0.4, -0.2) is 24.8 Å². The van der Waals surface area contributed by atoms with Crippen LogP contribution >= 0.6 is 0 Å². The standard InChI is InChI=1S/C20H26O4/c1-14(21)18(15-6-4-3-5-7-15)19(22)16-8-10-17(11-9-16)20(2)23-12-13-24-20/h8-11,15,18H,3-7,12-13H2,1-2H3. The lowest BCUT2D eigenvalue weighted by Crippen LogP contribution is -2.31. The first kappa shape index (κ1) is 17.3. The summed E-state index contributed by atoms with van der Waals surface area (Å²) in [4.78, 5) is 25.0. The molecule has 3 rings (SSSR count). The highest BCUT2D eigenvalue weighted by Crippen LogP contribution is 2.34. The number of carbonyl (C=O) groups excluding carboxylic acids is 2. The summed E-state index contributed by atoms with van der Waals surface area (Å²) >= 11 is 0. The molecule has 2 fully saturated rings. The number of Topliss-reactive ketones (excluding diaryl/α,β-unsaturated/α-hetero) is 2. The van der Waals surface area contributed by atoms with E-state index < -0.39 is 11.7 Å². The van der Waals surface area contributed by atoms with Crippen LogP contribution in [0.5, 0.6) is 0 Å². The predicted molar refractivity (Wildman–Crippen MR) is 90.8 cm³/mol. The number of ketones is 2. The fraction of sp³-hybridized carbons (Fsp3) is 0.600. The minimum absolute atomic E-state index is 0.00889. The lowest BCUT2D eigenvalue weighted by Gasteiger charge is -2.28. The van der Waals surface area contributed by atoms with Gasteiger partial charge in [-0.15, -0.1) is 0 Å². The van der Waals surface area contributed by atoms with Gasteiger partial charge in [0.25, 0.3) is 0 Å². The zero-order chi connectivity index (χ0) is 17.2. The van der Waals surface area contributed by atoms with E-state index >= 15 is 0 Å². The molecule has 0 radical (unpaired) electrons. The zero-order valence-corrected chi connectivity index (χ0v) is 14.5. The van der Waals surface area contributed by atoms with Crippen LogP contribution in [0.25, 0.3) is 0 Å². The summed E-state index contributed by atoms with van der Waals surface area (Å²) in [5, 5.41) is 0. The summed E-state index contributed by atoms with van der Waals surface area (Å²) < 4.78 is 11.3. The van der Waals surface area contributed by atoms with Crippen molar-refractivity contribution in [3.63, 3.8) is 0 Å². The molecule has 1 unspecified atom stereocenters. The fourth-order valence-electron chi connectivity index (χ4n) is 4.00. The molecule has 1 atom stereocenters. The van der Waals surface area contributed by atoms with Gasteiger partial charge in [-0.3, -0.25) is 9.59 Å². The first-order valence-corrected chi connectivity index (χ1v) is 8.94. The van der Waals surface area contributed by atoms with Crippen molar-refractivity contribution < 1.29 is 19.1 Å². The maximum atomic E-state index is 12.9. The van der Waals surface area contributed by atoms with Crippen LogP contribution in [-0.2, 0) is 20.1 Å². The molecule has 4 nitrogen and oxygen atoms in total. The number of hydrogen-bond donors (Lipinski definition) is 0. The number of ether oxygens (including phenoxy) is 2. The first-order valence-electron chi connectivity index (χ1n) is 8.94. The summed E-state index contributed by atoms with van der Waals surface area (Å²) in [6.07, 6.45) is 5.41. The Bertz CT molecular complexity index is 593. The Morgan fingerprint density at radius 1 is 1.04 bits per heavy atom. The Morgan fingerprint density at radius 2 is 1.62 bits per heavy atom. The van der Waals surface area contributed by atoms with Gasteiger partial charge in [0, 0.05) is 11.1 Å². The average Bonchev–Trinajstić information content (AvgIpc) is 3.04. The third kappa shape index (κ3) is 3.45. The molecule has 130 valence electrons. The topological polar surface area (TPSA) is 52.6 Å². The summed E-state index contributed by atoms with van der Waals surface area (Å²) in [6.45, 7) is 4.58. The van der Waals surface area contributed by atoms with Crippen molar-refractivity contribution in [2.45, 2.75) is 51.7 Å². The Morgan fingerprint density at radius 3 is 2.17 bits per heavy atom. The Hall–Kier alpha value is -1.52. The quantitative estimate of drug-likeness (QED) is 0.607. The number of carbonyl (C=O) groups is 2. The molecule has 0 amide bonds. The highest BCUT2D eigenvalue weighted by atomic mass is 16.7. The molecule has 1 aromatic rings. The van der Waals surface area contributed by atoms with E-state index in [1.807, 2.05) is 19.1 Å². The second-order valence-corrected chi connectivity index (χ2v) is 7.07. The van der Waals surface area contributed by atoms with E-state index in [0.717, 1.165) is 31.2 Å². The fourth-order valence-corrected chi connectivity index (χ4v) is 4.00. The summed E-state index contributed by atoms with van der Waals surface area (Å²) in [5.41, 5.74) is 1.50. The lowest BCUT2D eigenvalue weighted by molar-refractivity contribution is -0.149. The monoisotopic (exact) mass is 330 g/mol. The van der Waals surface area contributed by atoms with Crippen LogP contribution in [0.2, 0.25) is 0 Å². The molecular weight excluding hydrogens is 304 g/mol. The molecule has 0 N–H and O–H groups in total. The van der Waals surface area contributed by atoms with E-state index in [9.17, 15) is 9.59 Å². The van der Waals surface area contributed by atoms with E-state index in [0.29, 0.717) is 18.8 Å². The molecule has 2 aliphatic rings. The molecule has 0 bridgehead atoms. The Labute approximate surface area is 143 Å². The molecule has 0 spiro atoms. The second kappa shape index (κ2) is 7.16. The van der Waals surface area contributed by atoms with Crippen LogP contribution in [0.15, 0.2) is 24.3 Å². The number of benzene rings is 1. The van der Waals surface area contributed by atoms with E-state index in [2.05, 4.69) is 0 Å². The van der Waals surface area contributed by atoms with Crippen LogP contribution in [0.4, 0.5) is 0 Å². The van der Waals surface area contributed by atoms with Gasteiger partial charge in [-0.25, -0.2) is 0 Å². The van der Waals surface area contributed by atoms with Crippen molar-refractivity contribution in [2.24, 2.45) is 11.8 Å². The maximum absolute atomic E-state index is 12.9. The largest absolute Gasteiger partial charge is 0.344 e. The van der Waals surface area contributed by atoms with Gasteiger partial charge in [0.05, 0.1) is 19.1 Å². The average molecular weight is 330 g/mol. The number of hydrogen-bond acceptors (Lipinski definition) is 4. The van der Waals surface area contributed by atoms with Crippen molar-refractivity contribution >= 4 is 11.6 Å². The van der Waals surface area contributed by atoms with Gasteiger partial charge < -0.3 is 9.47 Å². The molecule has 1 aliphatic carbocycles. The summed E-state index contributed by atoms with van der Waals surface area (Å²) in [6, 6.07) is 7.34. The van der Waals surface area contributed by atoms with Gasteiger partial charge in [0.1, 0.15) is 5.78 Å². The normalized spacial score (nSPS) is 22.2. The van der Waals surface area contributed by atoms with Crippen LogP contribution in [0.1, 0.15) is 61.9 Å². The predicted octanol–water partition coefficient (Wildman–Crippen LogP) is 3.87. The zero-order valence-electron chi connectivity index (χ0n) is 14.5. The van der Waals surface area contributed by atoms with E-state index in [-0.39, 0.29) is 17.5 Å². The molecular formula is C20H26O4. The van der Waals surface area contributed by atoms with Crippen LogP contribution < -0.4 is 0 Å². The minimum atomic E-state index is -0.731. The van der Waals surface area contributed by atoms with Gasteiger partial charge in [0.15, 0.2) is 11.6 Å². The van der Waals surface area contributed by atoms with Gasteiger partial charge in [-0.05, 0) is 32.6 Å². The number of rotatable bonds is 5. The van der Waals surface area contributed by atoms with Crippen molar-refractivity contribution in [1.82, 2.24) is 0 Å². The lowest BCUT2D eigenvalue weighted by atomic mass is 9.75. The molecule has 0 aromatic heterocycles. The van der Waals surface area contributed by atoms with Crippen LogP contribution in [0.3, 0.4) is 0 Å². The van der Waals surface area contributed by atoms with Crippen LogP contribution in [0, 0.1) is 11.8 Å². The van der Waals surface area contributed by atoms with E-state index in [4.69, 9.17) is 9.47 Å². The molecule has 1 aliphatic heterocycles. The SMILES string of the molecule is CC(=O)C(C(=O)c1ccc(C2(C)OCCO2)cc1)C1CCCCC1. The third-order valence-electron chi connectivity index (χ3n) is 5.37. The van der Waals surface area contributed by atoms with Crippen molar-refractivity contribution in [1.29, 1.82) is 0 Å². The highest BCUT2D eigenvalue weighted by molar-refractivity contribution is 6.10. The molecule has 1 heterocycles. The second-order valence-electron chi connectivity index (χ2n) is 7.07. The maximum Gasteiger partial charge on any atom is 0.192 e. The Kier molecular flexibility index (Phi) is 5.16. The first-order chi connectivity index (χ1) is 11.5.